The van der Waals surface area contributed by atoms with Gasteiger partial charge >= 0.3 is 0 Å². The normalized spacial score (nSPS) is 24.6. The summed E-state index contributed by atoms with van der Waals surface area (Å²) >= 11 is 9.93. The Morgan fingerprint density at radius 2 is 2.26 bits per heavy atom. The molecule has 0 bridgehead atoms. The molecule has 19 heavy (non-hydrogen) atoms. The van der Waals surface area contributed by atoms with E-state index in [0.29, 0.717) is 12.0 Å². The van der Waals surface area contributed by atoms with Crippen molar-refractivity contribution in [1.29, 1.82) is 0 Å². The van der Waals surface area contributed by atoms with Crippen LogP contribution in [0, 0.1) is 5.92 Å². The molecule has 0 aromatic heterocycles. The molecule has 0 amide bonds. The number of nitrogens with two attached hydrogens (primary N) is 1. The van der Waals surface area contributed by atoms with E-state index in [4.69, 9.17) is 17.3 Å². The number of hydrogen-bond acceptors (Lipinski definition) is 2. The van der Waals surface area contributed by atoms with Gasteiger partial charge in [0.1, 0.15) is 0 Å². The summed E-state index contributed by atoms with van der Waals surface area (Å²) < 4.78 is 1.03. The van der Waals surface area contributed by atoms with Gasteiger partial charge in [-0.2, -0.15) is 0 Å². The molecule has 2 atom stereocenters. The van der Waals surface area contributed by atoms with Gasteiger partial charge in [-0.05, 0) is 62.5 Å². The zero-order chi connectivity index (χ0) is 13.8. The number of piperidine rings is 1. The highest BCUT2D eigenvalue weighted by molar-refractivity contribution is 9.10. The fourth-order valence-corrected chi connectivity index (χ4v) is 3.91. The molecule has 2 nitrogen and oxygen atoms in total. The van der Waals surface area contributed by atoms with Gasteiger partial charge in [-0.1, -0.05) is 40.5 Å². The Balaban J connectivity index is 2.33. The molecular weight excluding hydrogens is 324 g/mol. The lowest BCUT2D eigenvalue weighted by Crippen LogP contribution is -2.42. The zero-order valence-corrected chi connectivity index (χ0v) is 13.8. The van der Waals surface area contributed by atoms with Crippen molar-refractivity contribution in [3.8, 4) is 0 Å². The molecule has 0 saturated carbocycles. The van der Waals surface area contributed by atoms with Gasteiger partial charge in [-0.15, -0.1) is 0 Å². The molecule has 1 aromatic rings. The van der Waals surface area contributed by atoms with Crippen LogP contribution in [-0.4, -0.2) is 24.5 Å². The summed E-state index contributed by atoms with van der Waals surface area (Å²) in [5.41, 5.74) is 7.22. The van der Waals surface area contributed by atoms with Crippen LogP contribution >= 0.6 is 27.5 Å². The largest absolute Gasteiger partial charge is 0.330 e. The summed E-state index contributed by atoms with van der Waals surface area (Å²) in [5, 5.41) is 0.848. The number of likely N-dealkylation sites (tertiary alicyclic amines) is 1. The number of benzene rings is 1. The van der Waals surface area contributed by atoms with Gasteiger partial charge in [-0.25, -0.2) is 0 Å². The van der Waals surface area contributed by atoms with Crippen molar-refractivity contribution in [2.75, 3.05) is 19.6 Å². The van der Waals surface area contributed by atoms with E-state index in [1.54, 1.807) is 0 Å². The van der Waals surface area contributed by atoms with Crippen molar-refractivity contribution in [3.63, 3.8) is 0 Å². The second-order valence-corrected chi connectivity index (χ2v) is 6.61. The maximum absolute atomic E-state index is 6.45. The number of nitrogens with zero attached hydrogens (tertiary/aromatic N) is 1. The SMILES string of the molecule is CCCN1CCCC(CN)C1c1ccc(Br)cc1Cl. The van der Waals surface area contributed by atoms with E-state index < -0.39 is 0 Å². The Kier molecular flexibility index (Phi) is 5.70. The monoisotopic (exact) mass is 344 g/mol. The third-order valence-corrected chi connectivity index (χ3v) is 4.78. The van der Waals surface area contributed by atoms with Crippen LogP contribution < -0.4 is 5.73 Å². The Morgan fingerprint density at radius 3 is 2.89 bits per heavy atom. The van der Waals surface area contributed by atoms with E-state index in [0.717, 1.165) is 29.1 Å². The first-order valence-corrected chi connectivity index (χ1v) is 8.23. The summed E-state index contributed by atoms with van der Waals surface area (Å²) in [6, 6.07) is 6.59. The molecule has 1 saturated heterocycles. The second kappa shape index (κ2) is 7.07. The summed E-state index contributed by atoms with van der Waals surface area (Å²) in [4.78, 5) is 2.55. The number of rotatable bonds is 4. The zero-order valence-electron chi connectivity index (χ0n) is 11.4. The maximum atomic E-state index is 6.45. The third-order valence-electron chi connectivity index (χ3n) is 3.95. The molecule has 1 aromatic carbocycles. The first-order chi connectivity index (χ1) is 9.17. The Labute approximate surface area is 129 Å². The molecule has 1 aliphatic rings. The molecule has 0 radical (unpaired) electrons. The van der Waals surface area contributed by atoms with E-state index in [9.17, 15) is 0 Å². The summed E-state index contributed by atoms with van der Waals surface area (Å²) in [6.45, 7) is 5.23. The van der Waals surface area contributed by atoms with E-state index in [-0.39, 0.29) is 0 Å². The quantitative estimate of drug-likeness (QED) is 0.885. The van der Waals surface area contributed by atoms with Gasteiger partial charge < -0.3 is 5.73 Å². The lowest BCUT2D eigenvalue weighted by atomic mass is 9.84. The molecular formula is C15H22BrClN2. The Morgan fingerprint density at radius 1 is 1.47 bits per heavy atom. The first-order valence-electron chi connectivity index (χ1n) is 7.06. The summed E-state index contributed by atoms with van der Waals surface area (Å²) in [5.74, 6) is 0.513. The Hall–Kier alpha value is -0.0900. The van der Waals surface area contributed by atoms with Crippen molar-refractivity contribution in [2.24, 2.45) is 11.7 Å². The number of halogens is 2. The van der Waals surface area contributed by atoms with E-state index in [1.807, 2.05) is 6.07 Å². The molecule has 2 unspecified atom stereocenters. The minimum absolute atomic E-state index is 0.374. The molecule has 1 fully saturated rings. The average Bonchev–Trinajstić information content (AvgIpc) is 2.39. The van der Waals surface area contributed by atoms with Crippen molar-refractivity contribution in [1.82, 2.24) is 4.90 Å². The second-order valence-electron chi connectivity index (χ2n) is 5.28. The van der Waals surface area contributed by atoms with Crippen LogP contribution in [-0.2, 0) is 0 Å². The highest BCUT2D eigenvalue weighted by atomic mass is 79.9. The summed E-state index contributed by atoms with van der Waals surface area (Å²) in [7, 11) is 0. The highest BCUT2D eigenvalue weighted by Gasteiger charge is 2.32. The third kappa shape index (κ3) is 3.52. The van der Waals surface area contributed by atoms with Gasteiger partial charge in [0.25, 0.3) is 0 Å². The van der Waals surface area contributed by atoms with Crippen LogP contribution in [0.5, 0.6) is 0 Å². The van der Waals surface area contributed by atoms with Gasteiger partial charge in [0.2, 0.25) is 0 Å². The molecule has 2 rings (SSSR count). The Bertz CT molecular complexity index is 423. The lowest BCUT2D eigenvalue weighted by Gasteiger charge is -2.41. The highest BCUT2D eigenvalue weighted by Crippen LogP contribution is 2.39. The van der Waals surface area contributed by atoms with Crippen LogP contribution in [0.1, 0.15) is 37.8 Å². The fourth-order valence-electron chi connectivity index (χ4n) is 3.13. The molecule has 1 heterocycles. The smallest absolute Gasteiger partial charge is 0.0465 e. The molecule has 0 aliphatic carbocycles. The van der Waals surface area contributed by atoms with Gasteiger partial charge in [0, 0.05) is 15.5 Å². The van der Waals surface area contributed by atoms with Gasteiger partial charge in [0.05, 0.1) is 0 Å². The predicted molar refractivity (Wildman–Crippen MR) is 85.5 cm³/mol. The van der Waals surface area contributed by atoms with Gasteiger partial charge in [-0.3, -0.25) is 4.90 Å². The van der Waals surface area contributed by atoms with E-state index in [2.05, 4.69) is 39.9 Å². The molecule has 4 heteroatoms. The average molecular weight is 346 g/mol. The van der Waals surface area contributed by atoms with Crippen LogP contribution in [0.3, 0.4) is 0 Å². The topological polar surface area (TPSA) is 29.3 Å². The van der Waals surface area contributed by atoms with Crippen molar-refractivity contribution in [2.45, 2.75) is 32.2 Å². The van der Waals surface area contributed by atoms with E-state index in [1.165, 1.54) is 24.8 Å². The molecule has 2 N–H and O–H groups in total. The van der Waals surface area contributed by atoms with E-state index >= 15 is 0 Å². The first kappa shape index (κ1) is 15.3. The number of hydrogen-bond donors (Lipinski definition) is 1. The van der Waals surface area contributed by atoms with Gasteiger partial charge in [0.15, 0.2) is 0 Å². The van der Waals surface area contributed by atoms with Crippen LogP contribution in [0.2, 0.25) is 5.02 Å². The van der Waals surface area contributed by atoms with Crippen molar-refractivity contribution in [3.05, 3.63) is 33.3 Å². The molecule has 1 aliphatic heterocycles. The predicted octanol–water partition coefficient (Wildman–Crippen LogP) is 4.22. The molecule has 0 spiro atoms. The van der Waals surface area contributed by atoms with Crippen LogP contribution in [0.15, 0.2) is 22.7 Å². The minimum atomic E-state index is 0.374. The van der Waals surface area contributed by atoms with Crippen LogP contribution in [0.4, 0.5) is 0 Å². The standard InChI is InChI=1S/C15H22BrClN2/c1-2-7-19-8-3-4-11(10-18)15(19)13-6-5-12(16)9-14(13)17/h5-6,9,11,15H,2-4,7-8,10,18H2,1H3. The maximum Gasteiger partial charge on any atom is 0.0465 e. The van der Waals surface area contributed by atoms with Crippen molar-refractivity contribution >= 4 is 27.5 Å². The molecule has 106 valence electrons. The van der Waals surface area contributed by atoms with Crippen LogP contribution in [0.25, 0.3) is 0 Å². The minimum Gasteiger partial charge on any atom is -0.330 e. The van der Waals surface area contributed by atoms with Crippen molar-refractivity contribution < 1.29 is 0 Å². The summed E-state index contributed by atoms with van der Waals surface area (Å²) in [6.07, 6.45) is 3.61. The lowest BCUT2D eigenvalue weighted by molar-refractivity contribution is 0.0961. The fraction of sp³-hybridized carbons (Fsp3) is 0.600.